The second-order valence-electron chi connectivity index (χ2n) is 10.2. The molecule has 0 aromatic heterocycles. The van der Waals surface area contributed by atoms with Gasteiger partial charge in [0.05, 0.1) is 7.11 Å². The van der Waals surface area contributed by atoms with Crippen LogP contribution in [0.2, 0.25) is 0 Å². The number of rotatable bonds is 8. The van der Waals surface area contributed by atoms with Crippen molar-refractivity contribution >= 4 is 11.8 Å². The van der Waals surface area contributed by atoms with Crippen molar-refractivity contribution in [2.45, 2.75) is 38.8 Å². The fourth-order valence-electron chi connectivity index (χ4n) is 5.24. The number of piperazine rings is 1. The van der Waals surface area contributed by atoms with Crippen LogP contribution in [0.3, 0.4) is 0 Å². The third-order valence-corrected chi connectivity index (χ3v) is 7.59. The van der Waals surface area contributed by atoms with E-state index in [4.69, 9.17) is 4.74 Å². The molecule has 2 aromatic rings. The Morgan fingerprint density at radius 1 is 0.917 bits per heavy atom. The third kappa shape index (κ3) is 6.65. The molecule has 2 amide bonds. The molecular formula is C29H40N4O3. The Balaban J connectivity index is 1.35. The lowest BCUT2D eigenvalue weighted by Crippen LogP contribution is -2.53. The van der Waals surface area contributed by atoms with E-state index in [1.165, 1.54) is 25.9 Å². The maximum atomic E-state index is 13.6. The fourth-order valence-corrected chi connectivity index (χ4v) is 5.24. The van der Waals surface area contributed by atoms with Crippen molar-refractivity contribution in [2.75, 3.05) is 52.9 Å². The van der Waals surface area contributed by atoms with E-state index in [0.717, 1.165) is 31.1 Å². The summed E-state index contributed by atoms with van der Waals surface area (Å²) in [5.41, 5.74) is 1.29. The number of carbonyl (C=O) groups excluding carboxylic acids is 2. The summed E-state index contributed by atoms with van der Waals surface area (Å²) in [5.74, 6) is 1.10. The van der Waals surface area contributed by atoms with Crippen molar-refractivity contribution in [2.24, 2.45) is 5.92 Å². The summed E-state index contributed by atoms with van der Waals surface area (Å²) in [6.45, 7) is 11.2. The largest absolute Gasteiger partial charge is 0.497 e. The predicted molar refractivity (Wildman–Crippen MR) is 142 cm³/mol. The zero-order chi connectivity index (χ0) is 25.5. The maximum absolute atomic E-state index is 13.6. The number of piperidine rings is 1. The minimum absolute atomic E-state index is 0.0482. The lowest BCUT2D eigenvalue weighted by atomic mass is 9.95. The number of methoxy groups -OCH3 is 1. The summed E-state index contributed by atoms with van der Waals surface area (Å²) in [4.78, 5) is 33.6. The Bertz CT molecular complexity index is 979. The van der Waals surface area contributed by atoms with E-state index in [2.05, 4.69) is 29.0 Å². The topological polar surface area (TPSA) is 65.1 Å². The van der Waals surface area contributed by atoms with Gasteiger partial charge in [0.1, 0.15) is 11.8 Å². The van der Waals surface area contributed by atoms with Crippen molar-refractivity contribution < 1.29 is 14.3 Å². The Morgan fingerprint density at radius 3 is 2.14 bits per heavy atom. The minimum Gasteiger partial charge on any atom is -0.497 e. The Kier molecular flexibility index (Phi) is 8.99. The number of hydrogen-bond donors (Lipinski definition) is 1. The molecule has 4 rings (SSSR count). The number of nitrogens with zero attached hydrogens (tertiary/aromatic N) is 3. The van der Waals surface area contributed by atoms with Crippen LogP contribution >= 0.6 is 0 Å². The molecule has 2 fully saturated rings. The van der Waals surface area contributed by atoms with Crippen molar-refractivity contribution in [3.63, 3.8) is 0 Å². The van der Waals surface area contributed by atoms with Gasteiger partial charge in [-0.25, -0.2) is 0 Å². The first kappa shape index (κ1) is 26.2. The summed E-state index contributed by atoms with van der Waals surface area (Å²) in [7, 11) is 1.59. The number of benzene rings is 2. The summed E-state index contributed by atoms with van der Waals surface area (Å²) in [5, 5.41) is 2.99. The van der Waals surface area contributed by atoms with Crippen LogP contribution < -0.4 is 10.1 Å². The first-order chi connectivity index (χ1) is 17.4. The molecule has 2 aliphatic heterocycles. The fraction of sp³-hybridized carbons (Fsp3) is 0.517. The molecule has 0 radical (unpaired) electrons. The number of amides is 2. The molecule has 2 saturated heterocycles. The minimum atomic E-state index is -0.715. The molecule has 2 aromatic carbocycles. The number of likely N-dealkylation sites (tertiary alicyclic amines) is 1. The normalized spacial score (nSPS) is 18.7. The van der Waals surface area contributed by atoms with Gasteiger partial charge in [-0.3, -0.25) is 14.5 Å². The molecule has 0 bridgehead atoms. The molecule has 0 spiro atoms. The third-order valence-electron chi connectivity index (χ3n) is 7.59. The molecule has 36 heavy (non-hydrogen) atoms. The number of nitrogens with one attached hydrogen (secondary N) is 1. The maximum Gasteiger partial charge on any atom is 0.252 e. The molecule has 1 atom stereocenters. The molecule has 0 unspecified atom stereocenters. The van der Waals surface area contributed by atoms with E-state index >= 15 is 0 Å². The van der Waals surface area contributed by atoms with Crippen LogP contribution in [0.4, 0.5) is 0 Å². The average Bonchev–Trinajstić information content (AvgIpc) is 2.92. The van der Waals surface area contributed by atoms with Crippen molar-refractivity contribution in [1.29, 1.82) is 0 Å². The van der Waals surface area contributed by atoms with Crippen LogP contribution in [-0.2, 0) is 4.79 Å². The SMILES string of the molecule is COc1ccc(C(=O)N[C@@H](C(=O)N2CCN(CC3CCN(C(C)C)CC3)CC2)c2ccccc2)cc1. The van der Waals surface area contributed by atoms with Gasteiger partial charge in [0, 0.05) is 44.3 Å². The Hall–Kier alpha value is -2.90. The first-order valence-electron chi connectivity index (χ1n) is 13.2. The monoisotopic (exact) mass is 492 g/mol. The van der Waals surface area contributed by atoms with Gasteiger partial charge >= 0.3 is 0 Å². The smallest absolute Gasteiger partial charge is 0.252 e. The highest BCUT2D eigenvalue weighted by atomic mass is 16.5. The summed E-state index contributed by atoms with van der Waals surface area (Å²) in [6.07, 6.45) is 2.51. The van der Waals surface area contributed by atoms with Gasteiger partial charge in [-0.05, 0) is 75.5 Å². The van der Waals surface area contributed by atoms with Crippen LogP contribution in [0.15, 0.2) is 54.6 Å². The standard InChI is InChI=1S/C29H40N4O3/c1-22(2)32-15-13-23(14-16-32)21-31-17-19-33(20-18-31)29(35)27(24-7-5-4-6-8-24)30-28(34)25-9-11-26(36-3)12-10-25/h4-12,22-23,27H,13-21H2,1-3H3,(H,30,34)/t27-/m1/s1. The molecule has 0 saturated carbocycles. The second kappa shape index (κ2) is 12.4. The number of ether oxygens (including phenoxy) is 1. The molecule has 2 heterocycles. The number of carbonyl (C=O) groups is 2. The van der Waals surface area contributed by atoms with Crippen LogP contribution in [-0.4, -0.2) is 85.5 Å². The van der Waals surface area contributed by atoms with Crippen LogP contribution in [0.1, 0.15) is 48.7 Å². The van der Waals surface area contributed by atoms with E-state index in [9.17, 15) is 9.59 Å². The average molecular weight is 493 g/mol. The van der Waals surface area contributed by atoms with Gasteiger partial charge in [0.2, 0.25) is 5.91 Å². The lowest BCUT2D eigenvalue weighted by molar-refractivity contribution is -0.135. The Labute approximate surface area is 215 Å². The van der Waals surface area contributed by atoms with Crippen LogP contribution in [0, 0.1) is 5.92 Å². The molecule has 1 N–H and O–H groups in total. The molecule has 7 nitrogen and oxygen atoms in total. The van der Waals surface area contributed by atoms with Gasteiger partial charge in [-0.1, -0.05) is 30.3 Å². The Morgan fingerprint density at radius 2 is 1.56 bits per heavy atom. The summed E-state index contributed by atoms with van der Waals surface area (Å²) >= 11 is 0. The molecule has 194 valence electrons. The predicted octanol–water partition coefficient (Wildman–Crippen LogP) is 3.43. The van der Waals surface area contributed by atoms with Crippen LogP contribution in [0.25, 0.3) is 0 Å². The zero-order valence-electron chi connectivity index (χ0n) is 21.9. The van der Waals surface area contributed by atoms with Gasteiger partial charge in [-0.2, -0.15) is 0 Å². The molecule has 0 aliphatic carbocycles. The van der Waals surface area contributed by atoms with Crippen molar-refractivity contribution in [1.82, 2.24) is 20.0 Å². The summed E-state index contributed by atoms with van der Waals surface area (Å²) in [6, 6.07) is 16.4. The van der Waals surface area contributed by atoms with E-state index in [0.29, 0.717) is 30.4 Å². The van der Waals surface area contributed by atoms with E-state index in [1.54, 1.807) is 31.4 Å². The van der Waals surface area contributed by atoms with E-state index in [-0.39, 0.29) is 11.8 Å². The quantitative estimate of drug-likeness (QED) is 0.612. The molecule has 7 heteroatoms. The van der Waals surface area contributed by atoms with Gasteiger partial charge in [0.15, 0.2) is 0 Å². The highest BCUT2D eigenvalue weighted by molar-refractivity contribution is 5.98. The second-order valence-corrected chi connectivity index (χ2v) is 10.2. The summed E-state index contributed by atoms with van der Waals surface area (Å²) < 4.78 is 5.19. The lowest BCUT2D eigenvalue weighted by Gasteiger charge is -2.40. The van der Waals surface area contributed by atoms with Crippen molar-refractivity contribution in [3.05, 3.63) is 65.7 Å². The zero-order valence-corrected chi connectivity index (χ0v) is 21.9. The molecular weight excluding hydrogens is 452 g/mol. The molecule has 2 aliphatic rings. The first-order valence-corrected chi connectivity index (χ1v) is 13.2. The highest BCUT2D eigenvalue weighted by Crippen LogP contribution is 2.22. The van der Waals surface area contributed by atoms with Crippen molar-refractivity contribution in [3.8, 4) is 5.75 Å². The number of hydrogen-bond acceptors (Lipinski definition) is 5. The van der Waals surface area contributed by atoms with Crippen LogP contribution in [0.5, 0.6) is 5.75 Å². The van der Waals surface area contributed by atoms with E-state index in [1.807, 2.05) is 35.2 Å². The van der Waals surface area contributed by atoms with Gasteiger partial charge in [0.25, 0.3) is 5.91 Å². The highest BCUT2D eigenvalue weighted by Gasteiger charge is 2.31. The van der Waals surface area contributed by atoms with Gasteiger partial charge < -0.3 is 19.9 Å². The van der Waals surface area contributed by atoms with E-state index < -0.39 is 6.04 Å². The van der Waals surface area contributed by atoms with Gasteiger partial charge in [-0.15, -0.1) is 0 Å².